The van der Waals surface area contributed by atoms with E-state index < -0.39 is 6.10 Å². The van der Waals surface area contributed by atoms with Gasteiger partial charge < -0.3 is 14.2 Å². The van der Waals surface area contributed by atoms with Gasteiger partial charge in [-0.2, -0.15) is 0 Å². The Morgan fingerprint density at radius 3 is 1.10 bits per heavy atom. The fourth-order valence-corrected chi connectivity index (χ4v) is 6.34. The standard InChI is InChI=1S/C53H88O6/c1-4-7-10-13-16-19-22-24-26-27-28-30-31-34-37-40-43-46-52(55)58-49-50(48-57-51(54)45-42-39-36-33-21-18-15-12-9-6-3)59-53(56)47-44-41-38-35-32-29-25-23-20-17-14-11-8-5-2/h7-8,10-11,16-17,19-20,24,26,28,30,34,37,50H,4-6,9,12-15,18,21-23,25,27,29,31-33,35-36,38-49H2,1-3H3/b10-7-,11-8-,19-16-,20-17-,26-24-,30-28-,37-34-. The summed E-state index contributed by atoms with van der Waals surface area (Å²) < 4.78 is 16.7. The highest BCUT2D eigenvalue weighted by Crippen LogP contribution is 2.14. The zero-order chi connectivity index (χ0) is 43.0. The average Bonchev–Trinajstić information content (AvgIpc) is 3.23. The van der Waals surface area contributed by atoms with E-state index in [1.54, 1.807) is 0 Å². The van der Waals surface area contributed by atoms with Crippen LogP contribution in [0.25, 0.3) is 0 Å². The van der Waals surface area contributed by atoms with E-state index in [-0.39, 0.29) is 37.5 Å². The largest absolute Gasteiger partial charge is 0.462 e. The van der Waals surface area contributed by atoms with Gasteiger partial charge in [-0.1, -0.05) is 196 Å². The SMILES string of the molecule is CC/C=C\C/C=C\C/C=C\C/C=C\C/C=C\CCCC(=O)OCC(COC(=O)CCCCCCCCCCCC)OC(=O)CCCCCCCCC/C=C\C/C=C\CC. The lowest BCUT2D eigenvalue weighted by molar-refractivity contribution is -0.167. The van der Waals surface area contributed by atoms with Crippen LogP contribution in [0.1, 0.15) is 213 Å². The Kier molecular flexibility index (Phi) is 44.5. The third kappa shape index (κ3) is 45.5. The van der Waals surface area contributed by atoms with Gasteiger partial charge in [0.05, 0.1) is 0 Å². The molecule has 0 fully saturated rings. The molecule has 0 amide bonds. The Balaban J connectivity index is 4.47. The molecule has 0 heterocycles. The summed E-state index contributed by atoms with van der Waals surface area (Å²) in [6.45, 7) is 6.34. The molecule has 0 aliphatic heterocycles. The lowest BCUT2D eigenvalue weighted by atomic mass is 10.1. The number of ether oxygens (including phenoxy) is 3. The van der Waals surface area contributed by atoms with Crippen LogP contribution in [0.4, 0.5) is 0 Å². The fraction of sp³-hybridized carbons (Fsp3) is 0.679. The van der Waals surface area contributed by atoms with Crippen molar-refractivity contribution in [3.05, 3.63) is 85.1 Å². The molecule has 0 rings (SSSR count). The number of allylic oxidation sites excluding steroid dienone is 14. The average molecular weight is 821 g/mol. The van der Waals surface area contributed by atoms with E-state index >= 15 is 0 Å². The van der Waals surface area contributed by atoms with Crippen molar-refractivity contribution in [1.29, 1.82) is 0 Å². The molecule has 59 heavy (non-hydrogen) atoms. The van der Waals surface area contributed by atoms with Crippen LogP contribution in [0, 0.1) is 0 Å². The Labute approximate surface area is 363 Å². The first-order valence-electron chi connectivity index (χ1n) is 24.1. The molecule has 0 aliphatic rings. The maximum atomic E-state index is 12.7. The van der Waals surface area contributed by atoms with E-state index in [0.29, 0.717) is 19.3 Å². The van der Waals surface area contributed by atoms with E-state index in [4.69, 9.17) is 14.2 Å². The topological polar surface area (TPSA) is 78.9 Å². The normalized spacial score (nSPS) is 12.8. The number of carbonyl (C=O) groups excluding carboxylic acids is 3. The minimum Gasteiger partial charge on any atom is -0.462 e. The van der Waals surface area contributed by atoms with Crippen LogP contribution >= 0.6 is 0 Å². The molecule has 0 bridgehead atoms. The Morgan fingerprint density at radius 1 is 0.356 bits per heavy atom. The van der Waals surface area contributed by atoms with E-state index in [1.807, 2.05) is 0 Å². The van der Waals surface area contributed by atoms with Gasteiger partial charge in [0.2, 0.25) is 0 Å². The number of rotatable bonds is 42. The van der Waals surface area contributed by atoms with Crippen molar-refractivity contribution in [3.63, 3.8) is 0 Å². The molecule has 0 saturated heterocycles. The summed E-state index contributed by atoms with van der Waals surface area (Å²) in [6.07, 6.45) is 60.0. The molecule has 6 nitrogen and oxygen atoms in total. The summed E-state index contributed by atoms with van der Waals surface area (Å²) in [4.78, 5) is 37.8. The van der Waals surface area contributed by atoms with Crippen molar-refractivity contribution in [3.8, 4) is 0 Å². The monoisotopic (exact) mass is 821 g/mol. The molecule has 1 atom stereocenters. The van der Waals surface area contributed by atoms with Gasteiger partial charge in [-0.15, -0.1) is 0 Å². The van der Waals surface area contributed by atoms with Crippen LogP contribution in [0.15, 0.2) is 85.1 Å². The Bertz CT molecular complexity index is 1170. The predicted octanol–water partition coefficient (Wildman–Crippen LogP) is 15.6. The minimum atomic E-state index is -0.800. The van der Waals surface area contributed by atoms with Gasteiger partial charge >= 0.3 is 17.9 Å². The molecule has 336 valence electrons. The quantitative estimate of drug-likeness (QED) is 0.0264. The zero-order valence-corrected chi connectivity index (χ0v) is 38.2. The number of hydrogen-bond acceptors (Lipinski definition) is 6. The van der Waals surface area contributed by atoms with E-state index in [9.17, 15) is 14.4 Å². The molecule has 0 aromatic rings. The molecule has 0 spiro atoms. The van der Waals surface area contributed by atoms with E-state index in [0.717, 1.165) is 96.3 Å². The summed E-state index contributed by atoms with van der Waals surface area (Å²) in [5.74, 6) is -0.972. The third-order valence-corrected chi connectivity index (χ3v) is 9.90. The predicted molar refractivity (Wildman–Crippen MR) is 251 cm³/mol. The maximum absolute atomic E-state index is 12.7. The Hall–Kier alpha value is -3.41. The summed E-state index contributed by atoms with van der Waals surface area (Å²) in [7, 11) is 0. The smallest absolute Gasteiger partial charge is 0.306 e. The van der Waals surface area contributed by atoms with Gasteiger partial charge in [0.1, 0.15) is 13.2 Å². The first-order valence-corrected chi connectivity index (χ1v) is 24.1. The number of unbranched alkanes of at least 4 members (excludes halogenated alkanes) is 17. The van der Waals surface area contributed by atoms with Crippen LogP contribution in [0.2, 0.25) is 0 Å². The fourth-order valence-electron chi connectivity index (χ4n) is 6.34. The summed E-state index contributed by atoms with van der Waals surface area (Å²) in [5, 5.41) is 0. The molecule has 0 radical (unpaired) electrons. The number of esters is 3. The molecule has 0 N–H and O–H groups in total. The summed E-state index contributed by atoms with van der Waals surface area (Å²) in [6, 6.07) is 0. The van der Waals surface area contributed by atoms with Crippen molar-refractivity contribution < 1.29 is 28.6 Å². The molecule has 0 saturated carbocycles. The highest BCUT2D eigenvalue weighted by Gasteiger charge is 2.19. The van der Waals surface area contributed by atoms with Gasteiger partial charge in [-0.25, -0.2) is 0 Å². The van der Waals surface area contributed by atoms with Crippen LogP contribution < -0.4 is 0 Å². The van der Waals surface area contributed by atoms with Gasteiger partial charge in [0, 0.05) is 19.3 Å². The van der Waals surface area contributed by atoms with E-state index in [1.165, 1.54) is 70.6 Å². The second kappa shape index (κ2) is 47.3. The molecular formula is C53H88O6. The zero-order valence-electron chi connectivity index (χ0n) is 38.2. The molecule has 0 aromatic carbocycles. The van der Waals surface area contributed by atoms with Crippen molar-refractivity contribution in [2.75, 3.05) is 13.2 Å². The molecular weight excluding hydrogens is 733 g/mol. The van der Waals surface area contributed by atoms with Crippen molar-refractivity contribution in [1.82, 2.24) is 0 Å². The van der Waals surface area contributed by atoms with E-state index in [2.05, 4.69) is 106 Å². The maximum Gasteiger partial charge on any atom is 0.306 e. The van der Waals surface area contributed by atoms with Crippen LogP contribution in [-0.4, -0.2) is 37.2 Å². The molecule has 0 aromatic heterocycles. The second-order valence-corrected chi connectivity index (χ2v) is 15.6. The van der Waals surface area contributed by atoms with Gasteiger partial charge in [0.25, 0.3) is 0 Å². The summed E-state index contributed by atoms with van der Waals surface area (Å²) in [5.41, 5.74) is 0. The first-order chi connectivity index (χ1) is 29.0. The number of carbonyl (C=O) groups is 3. The van der Waals surface area contributed by atoms with Gasteiger partial charge in [-0.3, -0.25) is 14.4 Å². The number of hydrogen-bond donors (Lipinski definition) is 0. The van der Waals surface area contributed by atoms with Gasteiger partial charge in [0.15, 0.2) is 6.10 Å². The Morgan fingerprint density at radius 2 is 0.678 bits per heavy atom. The highest BCUT2D eigenvalue weighted by atomic mass is 16.6. The van der Waals surface area contributed by atoms with Gasteiger partial charge in [-0.05, 0) is 83.5 Å². The second-order valence-electron chi connectivity index (χ2n) is 15.6. The lowest BCUT2D eigenvalue weighted by Gasteiger charge is -2.18. The lowest BCUT2D eigenvalue weighted by Crippen LogP contribution is -2.30. The van der Waals surface area contributed by atoms with Crippen molar-refractivity contribution in [2.45, 2.75) is 219 Å². The third-order valence-electron chi connectivity index (χ3n) is 9.90. The van der Waals surface area contributed by atoms with Crippen molar-refractivity contribution >= 4 is 17.9 Å². The van der Waals surface area contributed by atoms with Crippen LogP contribution in [0.5, 0.6) is 0 Å². The highest BCUT2D eigenvalue weighted by molar-refractivity contribution is 5.71. The van der Waals surface area contributed by atoms with Crippen molar-refractivity contribution in [2.24, 2.45) is 0 Å². The molecule has 0 aliphatic carbocycles. The molecule has 6 heteroatoms. The summed E-state index contributed by atoms with van der Waals surface area (Å²) >= 11 is 0. The van der Waals surface area contributed by atoms with Crippen LogP contribution in [0.3, 0.4) is 0 Å². The first kappa shape index (κ1) is 55.6. The minimum absolute atomic E-state index is 0.0969. The molecule has 1 unspecified atom stereocenters. The van der Waals surface area contributed by atoms with Crippen LogP contribution in [-0.2, 0) is 28.6 Å².